The number of oxime groups is 1. The maximum Gasteiger partial charge on any atom is 0.330 e. The standard InChI is InChI=1S/C12H14N4O3S/c1-15-9(5-10(17)16(2)12(15)18)6-19-14-11(13)8-3-4-20-7-8/h3-5,7H,6H2,1-2H3,(H2,13,14). The van der Waals surface area contributed by atoms with Gasteiger partial charge in [-0.15, -0.1) is 0 Å². The molecule has 0 aliphatic rings. The topological polar surface area (TPSA) is 91.6 Å². The van der Waals surface area contributed by atoms with Crippen molar-refractivity contribution in [1.29, 1.82) is 0 Å². The fraction of sp³-hybridized carbons (Fsp3) is 0.250. The molecule has 2 rings (SSSR count). The van der Waals surface area contributed by atoms with Crippen LogP contribution in [0.1, 0.15) is 11.3 Å². The van der Waals surface area contributed by atoms with Crippen LogP contribution in [0, 0.1) is 0 Å². The number of nitrogens with zero attached hydrogens (tertiary/aromatic N) is 3. The first-order valence-corrected chi connectivity index (χ1v) is 6.69. The highest BCUT2D eigenvalue weighted by atomic mass is 32.1. The summed E-state index contributed by atoms with van der Waals surface area (Å²) >= 11 is 1.50. The molecule has 106 valence electrons. The lowest BCUT2D eigenvalue weighted by Crippen LogP contribution is -2.38. The van der Waals surface area contributed by atoms with Gasteiger partial charge in [-0.05, 0) is 11.4 Å². The third kappa shape index (κ3) is 2.80. The van der Waals surface area contributed by atoms with Gasteiger partial charge in [0.05, 0.1) is 5.69 Å². The van der Waals surface area contributed by atoms with Crippen molar-refractivity contribution in [3.63, 3.8) is 0 Å². The molecule has 0 aliphatic heterocycles. The van der Waals surface area contributed by atoms with Crippen LogP contribution in [0.15, 0.2) is 37.6 Å². The third-order valence-electron chi connectivity index (χ3n) is 2.82. The Morgan fingerprint density at radius 1 is 1.40 bits per heavy atom. The molecule has 0 aromatic carbocycles. The molecule has 0 bridgehead atoms. The van der Waals surface area contributed by atoms with E-state index in [2.05, 4.69) is 5.16 Å². The van der Waals surface area contributed by atoms with Crippen molar-refractivity contribution in [3.8, 4) is 0 Å². The second-order valence-corrected chi connectivity index (χ2v) is 4.92. The summed E-state index contributed by atoms with van der Waals surface area (Å²) < 4.78 is 2.35. The largest absolute Gasteiger partial charge is 0.388 e. The lowest BCUT2D eigenvalue weighted by atomic mass is 10.3. The van der Waals surface area contributed by atoms with Gasteiger partial charge in [0.1, 0.15) is 0 Å². The maximum atomic E-state index is 11.7. The van der Waals surface area contributed by atoms with Crippen molar-refractivity contribution in [2.45, 2.75) is 6.61 Å². The lowest BCUT2D eigenvalue weighted by Gasteiger charge is -2.08. The van der Waals surface area contributed by atoms with E-state index < -0.39 is 5.69 Å². The normalized spacial score (nSPS) is 11.6. The molecular weight excluding hydrogens is 280 g/mol. The van der Waals surface area contributed by atoms with E-state index in [1.807, 2.05) is 16.8 Å². The molecule has 7 nitrogen and oxygen atoms in total. The van der Waals surface area contributed by atoms with Crippen LogP contribution in [0.25, 0.3) is 0 Å². The van der Waals surface area contributed by atoms with E-state index in [9.17, 15) is 9.59 Å². The average Bonchev–Trinajstić information content (AvgIpc) is 2.96. The Balaban J connectivity index is 2.15. The zero-order valence-electron chi connectivity index (χ0n) is 11.1. The van der Waals surface area contributed by atoms with Crippen LogP contribution in [-0.2, 0) is 25.5 Å². The number of nitrogens with two attached hydrogens (primary N) is 1. The van der Waals surface area contributed by atoms with E-state index in [4.69, 9.17) is 10.6 Å². The molecule has 0 spiro atoms. The summed E-state index contributed by atoms with van der Waals surface area (Å²) in [7, 11) is 2.98. The zero-order valence-corrected chi connectivity index (χ0v) is 11.9. The van der Waals surface area contributed by atoms with Gasteiger partial charge in [-0.3, -0.25) is 13.9 Å². The minimum atomic E-state index is -0.411. The van der Waals surface area contributed by atoms with Gasteiger partial charge in [0.25, 0.3) is 5.56 Å². The van der Waals surface area contributed by atoms with E-state index in [1.165, 1.54) is 29.0 Å². The molecule has 0 atom stereocenters. The number of rotatable bonds is 4. The van der Waals surface area contributed by atoms with Crippen LogP contribution in [0.5, 0.6) is 0 Å². The van der Waals surface area contributed by atoms with Crippen molar-refractivity contribution in [2.75, 3.05) is 0 Å². The number of thiophene rings is 1. The highest BCUT2D eigenvalue weighted by Crippen LogP contribution is 2.05. The van der Waals surface area contributed by atoms with Crippen LogP contribution in [-0.4, -0.2) is 15.0 Å². The Hall–Kier alpha value is -2.35. The quantitative estimate of drug-likeness (QED) is 0.487. The van der Waals surface area contributed by atoms with E-state index >= 15 is 0 Å². The highest BCUT2D eigenvalue weighted by Gasteiger charge is 2.06. The molecule has 2 heterocycles. The molecule has 0 fully saturated rings. The van der Waals surface area contributed by atoms with Gasteiger partial charge in [0, 0.05) is 31.1 Å². The van der Waals surface area contributed by atoms with Crippen LogP contribution >= 0.6 is 11.3 Å². The summed E-state index contributed by atoms with van der Waals surface area (Å²) in [5.41, 5.74) is 6.13. The molecule has 2 aromatic heterocycles. The predicted octanol–water partition coefficient (Wildman–Crippen LogP) is -0.0174. The zero-order chi connectivity index (χ0) is 14.7. The smallest absolute Gasteiger partial charge is 0.330 e. The van der Waals surface area contributed by atoms with Crippen LogP contribution in [0.4, 0.5) is 0 Å². The number of hydrogen-bond donors (Lipinski definition) is 1. The van der Waals surface area contributed by atoms with Gasteiger partial charge in [-0.2, -0.15) is 11.3 Å². The summed E-state index contributed by atoms with van der Waals surface area (Å²) in [5.74, 6) is 0.250. The van der Waals surface area contributed by atoms with Crippen molar-refractivity contribution in [1.82, 2.24) is 9.13 Å². The lowest BCUT2D eigenvalue weighted by molar-refractivity contribution is 0.124. The van der Waals surface area contributed by atoms with Crippen LogP contribution in [0.3, 0.4) is 0 Å². The Kier molecular flexibility index (Phi) is 4.04. The van der Waals surface area contributed by atoms with Crippen molar-refractivity contribution in [3.05, 3.63) is 55.0 Å². The monoisotopic (exact) mass is 294 g/mol. The Labute approximate surface area is 118 Å². The Morgan fingerprint density at radius 2 is 2.15 bits per heavy atom. The number of amidine groups is 1. The van der Waals surface area contributed by atoms with Crippen molar-refractivity contribution < 1.29 is 4.84 Å². The van der Waals surface area contributed by atoms with Gasteiger partial charge in [-0.1, -0.05) is 5.16 Å². The molecule has 2 N–H and O–H groups in total. The summed E-state index contributed by atoms with van der Waals surface area (Å²) in [6.45, 7) is -0.00728. The molecule has 0 aliphatic carbocycles. The molecular formula is C12H14N4O3S. The number of hydrogen-bond acceptors (Lipinski definition) is 5. The number of aromatic nitrogens is 2. The SMILES string of the molecule is Cn1c(CON=C(N)c2ccsc2)cc(=O)n(C)c1=O. The summed E-state index contributed by atoms with van der Waals surface area (Å²) in [4.78, 5) is 28.3. The summed E-state index contributed by atoms with van der Waals surface area (Å²) in [5, 5.41) is 7.48. The Bertz CT molecular complexity index is 743. The first kappa shape index (κ1) is 14.1. The molecule has 0 saturated heterocycles. The van der Waals surface area contributed by atoms with E-state index in [0.717, 1.165) is 10.1 Å². The van der Waals surface area contributed by atoms with Gasteiger partial charge in [-0.25, -0.2) is 4.79 Å². The summed E-state index contributed by atoms with van der Waals surface area (Å²) in [6, 6.07) is 3.15. The summed E-state index contributed by atoms with van der Waals surface area (Å²) in [6.07, 6.45) is 0. The Morgan fingerprint density at radius 3 is 2.80 bits per heavy atom. The van der Waals surface area contributed by atoms with Gasteiger partial charge >= 0.3 is 5.69 Å². The van der Waals surface area contributed by atoms with Crippen molar-refractivity contribution in [2.24, 2.45) is 25.0 Å². The maximum absolute atomic E-state index is 11.7. The molecule has 20 heavy (non-hydrogen) atoms. The molecule has 0 radical (unpaired) electrons. The highest BCUT2D eigenvalue weighted by molar-refractivity contribution is 7.08. The van der Waals surface area contributed by atoms with Crippen molar-refractivity contribution >= 4 is 17.2 Å². The molecule has 0 unspecified atom stereocenters. The molecule has 8 heteroatoms. The fourth-order valence-corrected chi connectivity index (χ4v) is 2.20. The van der Waals surface area contributed by atoms with Gasteiger partial charge in [0.2, 0.25) is 0 Å². The first-order chi connectivity index (χ1) is 9.50. The molecule has 0 amide bonds. The van der Waals surface area contributed by atoms with E-state index in [0.29, 0.717) is 5.69 Å². The van der Waals surface area contributed by atoms with Gasteiger partial charge in [0.15, 0.2) is 12.4 Å². The van der Waals surface area contributed by atoms with Gasteiger partial charge < -0.3 is 10.6 Å². The second-order valence-electron chi connectivity index (χ2n) is 4.14. The van der Waals surface area contributed by atoms with Crippen LogP contribution in [0.2, 0.25) is 0 Å². The fourth-order valence-electron chi connectivity index (χ4n) is 1.55. The molecule has 2 aromatic rings. The second kappa shape index (κ2) is 5.74. The minimum Gasteiger partial charge on any atom is -0.388 e. The minimum absolute atomic E-state index is 0.00728. The molecule has 0 saturated carbocycles. The third-order valence-corrected chi connectivity index (χ3v) is 3.50. The van der Waals surface area contributed by atoms with E-state index in [-0.39, 0.29) is 18.0 Å². The average molecular weight is 294 g/mol. The predicted molar refractivity (Wildman–Crippen MR) is 76.8 cm³/mol. The first-order valence-electron chi connectivity index (χ1n) is 5.74. The van der Waals surface area contributed by atoms with E-state index in [1.54, 1.807) is 7.05 Å². The van der Waals surface area contributed by atoms with Crippen LogP contribution < -0.4 is 17.0 Å².